The first-order valence-electron chi connectivity index (χ1n) is 6.26. The van der Waals surface area contributed by atoms with E-state index < -0.39 is 11.7 Å². The molecule has 0 aliphatic carbocycles. The SMILES string of the molecule is C=C(N)c1cc(SN2CC=C(C(F)(F)F)CC2)sc1NC. The van der Waals surface area contributed by atoms with E-state index in [1.807, 2.05) is 10.4 Å². The predicted molar refractivity (Wildman–Crippen MR) is 83.3 cm³/mol. The fourth-order valence-electron chi connectivity index (χ4n) is 1.96. The molecule has 0 aromatic carbocycles. The molecule has 0 bridgehead atoms. The number of nitrogens with one attached hydrogen (secondary N) is 1. The summed E-state index contributed by atoms with van der Waals surface area (Å²) >= 11 is 2.96. The Hall–Kier alpha value is -1.12. The number of thiophene rings is 1. The number of hydrogen-bond acceptors (Lipinski definition) is 5. The van der Waals surface area contributed by atoms with Crippen LogP contribution < -0.4 is 11.1 Å². The Balaban J connectivity index is 2.04. The van der Waals surface area contributed by atoms with Gasteiger partial charge in [0.15, 0.2) is 0 Å². The highest BCUT2D eigenvalue weighted by atomic mass is 32.2. The summed E-state index contributed by atoms with van der Waals surface area (Å²) in [5.74, 6) is 0. The fourth-order valence-corrected chi connectivity index (χ4v) is 4.21. The Morgan fingerprint density at radius 3 is 2.67 bits per heavy atom. The molecule has 0 saturated carbocycles. The van der Waals surface area contributed by atoms with E-state index in [1.54, 1.807) is 7.05 Å². The van der Waals surface area contributed by atoms with E-state index in [2.05, 4.69) is 11.9 Å². The molecule has 1 aliphatic rings. The molecular formula is C13H16F3N3S2. The van der Waals surface area contributed by atoms with Crippen molar-refractivity contribution in [2.45, 2.75) is 16.8 Å². The predicted octanol–water partition coefficient (Wildman–Crippen LogP) is 3.92. The first-order valence-corrected chi connectivity index (χ1v) is 7.85. The number of rotatable bonds is 4. The third kappa shape index (κ3) is 3.96. The van der Waals surface area contributed by atoms with Crippen LogP contribution in [0, 0.1) is 0 Å². The van der Waals surface area contributed by atoms with Crippen molar-refractivity contribution >= 4 is 34.0 Å². The number of alkyl halides is 3. The van der Waals surface area contributed by atoms with Gasteiger partial charge in [-0.05, 0) is 24.4 Å². The van der Waals surface area contributed by atoms with E-state index in [4.69, 9.17) is 5.73 Å². The summed E-state index contributed by atoms with van der Waals surface area (Å²) in [7, 11) is 1.80. The van der Waals surface area contributed by atoms with Crippen LogP contribution >= 0.6 is 23.3 Å². The second kappa shape index (κ2) is 6.33. The van der Waals surface area contributed by atoms with Gasteiger partial charge in [0, 0.05) is 37.0 Å². The van der Waals surface area contributed by atoms with Crippen LogP contribution in [0.1, 0.15) is 12.0 Å². The van der Waals surface area contributed by atoms with Crippen molar-refractivity contribution < 1.29 is 13.2 Å². The minimum absolute atomic E-state index is 0.0250. The van der Waals surface area contributed by atoms with Gasteiger partial charge < -0.3 is 11.1 Å². The Morgan fingerprint density at radius 2 is 2.24 bits per heavy atom. The molecule has 0 spiro atoms. The molecule has 0 radical (unpaired) electrons. The molecule has 0 amide bonds. The van der Waals surface area contributed by atoms with Gasteiger partial charge in [-0.15, -0.1) is 11.3 Å². The second-order valence-electron chi connectivity index (χ2n) is 4.54. The highest BCUT2D eigenvalue weighted by molar-refractivity contribution is 7.99. The highest BCUT2D eigenvalue weighted by Gasteiger charge is 2.34. The van der Waals surface area contributed by atoms with Crippen molar-refractivity contribution in [3.05, 3.63) is 29.9 Å². The molecule has 3 N–H and O–H groups in total. The number of anilines is 1. The molecule has 1 aliphatic heterocycles. The average molecular weight is 335 g/mol. The van der Waals surface area contributed by atoms with Gasteiger partial charge in [-0.25, -0.2) is 4.31 Å². The van der Waals surface area contributed by atoms with Crippen molar-refractivity contribution in [3.63, 3.8) is 0 Å². The Labute approximate surface area is 129 Å². The first kappa shape index (κ1) is 16.3. The lowest BCUT2D eigenvalue weighted by Gasteiger charge is -2.25. The van der Waals surface area contributed by atoms with Crippen LogP contribution in [0.25, 0.3) is 5.70 Å². The largest absolute Gasteiger partial charge is 0.412 e. The van der Waals surface area contributed by atoms with Crippen molar-refractivity contribution in [3.8, 4) is 0 Å². The van der Waals surface area contributed by atoms with E-state index in [9.17, 15) is 13.2 Å². The maximum absolute atomic E-state index is 12.6. The van der Waals surface area contributed by atoms with Gasteiger partial charge in [0.2, 0.25) is 0 Å². The van der Waals surface area contributed by atoms with Crippen molar-refractivity contribution in [2.24, 2.45) is 5.73 Å². The van der Waals surface area contributed by atoms with Gasteiger partial charge in [-0.3, -0.25) is 0 Å². The summed E-state index contributed by atoms with van der Waals surface area (Å²) in [5, 5.41) is 3.96. The lowest BCUT2D eigenvalue weighted by atomic mass is 10.1. The average Bonchev–Trinajstić information content (AvgIpc) is 2.81. The molecule has 2 rings (SSSR count). The third-order valence-electron chi connectivity index (χ3n) is 3.04. The summed E-state index contributed by atoms with van der Waals surface area (Å²) in [6.45, 7) is 4.38. The minimum atomic E-state index is -4.20. The van der Waals surface area contributed by atoms with Gasteiger partial charge in [0.05, 0.1) is 9.21 Å². The van der Waals surface area contributed by atoms with Crippen LogP contribution in [0.15, 0.2) is 28.5 Å². The fraction of sp³-hybridized carbons (Fsp3) is 0.385. The molecule has 2 heterocycles. The number of halogens is 3. The Kier molecular flexibility index (Phi) is 4.90. The molecule has 0 saturated heterocycles. The zero-order valence-electron chi connectivity index (χ0n) is 11.5. The van der Waals surface area contributed by atoms with Gasteiger partial charge in [0.25, 0.3) is 0 Å². The summed E-state index contributed by atoms with van der Waals surface area (Å²) in [6.07, 6.45) is -2.92. The summed E-state index contributed by atoms with van der Waals surface area (Å²) in [5.41, 5.74) is 6.60. The monoisotopic (exact) mass is 335 g/mol. The number of nitrogens with two attached hydrogens (primary N) is 1. The Morgan fingerprint density at radius 1 is 1.52 bits per heavy atom. The van der Waals surface area contributed by atoms with Crippen LogP contribution in [0.4, 0.5) is 18.2 Å². The molecule has 8 heteroatoms. The zero-order chi connectivity index (χ0) is 15.6. The molecule has 3 nitrogen and oxygen atoms in total. The van der Waals surface area contributed by atoms with Crippen molar-refractivity contribution in [1.82, 2.24) is 4.31 Å². The van der Waals surface area contributed by atoms with Gasteiger partial charge in [0.1, 0.15) is 0 Å². The quantitative estimate of drug-likeness (QED) is 0.646. The minimum Gasteiger partial charge on any atom is -0.399 e. The van der Waals surface area contributed by atoms with Crippen molar-refractivity contribution in [1.29, 1.82) is 0 Å². The lowest BCUT2D eigenvalue weighted by Crippen LogP contribution is -2.26. The maximum Gasteiger partial charge on any atom is 0.412 e. The third-order valence-corrected chi connectivity index (χ3v) is 5.35. The molecule has 1 aromatic heterocycles. The maximum atomic E-state index is 12.6. The van der Waals surface area contributed by atoms with Crippen molar-refractivity contribution in [2.75, 3.05) is 25.5 Å². The Bertz CT molecular complexity index is 563. The van der Waals surface area contributed by atoms with Gasteiger partial charge >= 0.3 is 6.18 Å². The van der Waals surface area contributed by atoms with Crippen LogP contribution in [-0.2, 0) is 0 Å². The normalized spacial score (nSPS) is 16.7. The van der Waals surface area contributed by atoms with Crippen LogP contribution in [-0.4, -0.2) is 30.6 Å². The summed E-state index contributed by atoms with van der Waals surface area (Å²) in [4.78, 5) is 0. The van der Waals surface area contributed by atoms with Crippen LogP contribution in [0.2, 0.25) is 0 Å². The summed E-state index contributed by atoms with van der Waals surface area (Å²) in [6, 6.07) is 1.91. The van der Waals surface area contributed by atoms with E-state index >= 15 is 0 Å². The van der Waals surface area contributed by atoms with Crippen LogP contribution in [0.3, 0.4) is 0 Å². The summed E-state index contributed by atoms with van der Waals surface area (Å²) < 4.78 is 40.6. The van der Waals surface area contributed by atoms with Gasteiger partial charge in [-0.1, -0.05) is 12.7 Å². The number of hydrogen-bond donors (Lipinski definition) is 2. The molecule has 1 aromatic rings. The standard InChI is InChI=1S/C13H16F3N3S2/c1-8(17)10-7-11(20-12(10)18-2)21-19-5-3-9(4-6-19)13(14,15)16/h3,7,18H,1,4-6,17H2,2H3. The first-order chi connectivity index (χ1) is 9.81. The van der Waals surface area contributed by atoms with Crippen LogP contribution in [0.5, 0.6) is 0 Å². The lowest BCUT2D eigenvalue weighted by molar-refractivity contribution is -0.0952. The molecule has 0 fully saturated rings. The van der Waals surface area contributed by atoms with E-state index in [0.29, 0.717) is 12.2 Å². The number of nitrogens with zero attached hydrogens (tertiary/aromatic N) is 1. The van der Waals surface area contributed by atoms with E-state index in [-0.39, 0.29) is 13.0 Å². The topological polar surface area (TPSA) is 41.3 Å². The molecule has 0 unspecified atom stereocenters. The molecule has 0 atom stereocenters. The van der Waals surface area contributed by atoms with E-state index in [1.165, 1.54) is 29.4 Å². The second-order valence-corrected chi connectivity index (χ2v) is 6.99. The molecular weight excluding hydrogens is 319 g/mol. The molecule has 21 heavy (non-hydrogen) atoms. The highest BCUT2D eigenvalue weighted by Crippen LogP contribution is 2.39. The zero-order valence-corrected chi connectivity index (χ0v) is 13.1. The smallest absolute Gasteiger partial charge is 0.399 e. The van der Waals surface area contributed by atoms with Gasteiger partial charge in [-0.2, -0.15) is 13.2 Å². The van der Waals surface area contributed by atoms with E-state index in [0.717, 1.165) is 14.8 Å². The molecule has 116 valence electrons.